The van der Waals surface area contributed by atoms with Gasteiger partial charge in [0.1, 0.15) is 23.5 Å². The monoisotopic (exact) mass is 580 g/mol. The standard InChI is InChI=1S/C27H32ClF3N6O3/c1-26(2,3)40-25(38)35-12-16-5-6-17(13-35)37(16)23-18-10-32-21(28)19(29)20(18)33-24(34-23)39-14-27-7-4-8-36(27)11-15(9-27)22(30)31/h10,16-17H,4-9,11-14H2,1-3H3. The number of rotatable bonds is 4. The largest absolute Gasteiger partial charge is 0.461 e. The van der Waals surface area contributed by atoms with Crippen LogP contribution in [-0.4, -0.2) is 86.9 Å². The third-order valence-corrected chi connectivity index (χ3v) is 8.65. The van der Waals surface area contributed by atoms with E-state index in [-0.39, 0.29) is 60.0 Å². The Hall–Kier alpha value is -2.86. The minimum atomic E-state index is -1.64. The molecule has 0 N–H and O–H groups in total. The molecule has 3 unspecified atom stereocenters. The fourth-order valence-electron chi connectivity index (χ4n) is 6.65. The molecule has 2 aromatic rings. The van der Waals surface area contributed by atoms with Crippen LogP contribution in [0.4, 0.5) is 23.8 Å². The highest BCUT2D eigenvalue weighted by Crippen LogP contribution is 2.44. The first-order valence-electron chi connectivity index (χ1n) is 13.6. The van der Waals surface area contributed by atoms with E-state index in [4.69, 9.17) is 26.1 Å². The summed E-state index contributed by atoms with van der Waals surface area (Å²) in [6.07, 6.45) is 2.90. The first kappa shape index (κ1) is 27.3. The Labute approximate surface area is 235 Å². The molecule has 2 bridgehead atoms. The van der Waals surface area contributed by atoms with Crippen molar-refractivity contribution in [2.75, 3.05) is 37.7 Å². The third kappa shape index (κ3) is 4.82. The quantitative estimate of drug-likeness (QED) is 0.458. The molecule has 4 fully saturated rings. The Morgan fingerprint density at radius 1 is 1.20 bits per heavy atom. The van der Waals surface area contributed by atoms with E-state index in [9.17, 15) is 13.6 Å². The maximum atomic E-state index is 15.2. The van der Waals surface area contributed by atoms with E-state index < -0.39 is 23.0 Å². The average Bonchev–Trinajstić information content (AvgIpc) is 3.52. The van der Waals surface area contributed by atoms with Crippen LogP contribution in [0.15, 0.2) is 17.9 Å². The van der Waals surface area contributed by atoms with Crippen molar-refractivity contribution >= 4 is 34.4 Å². The fraction of sp³-hybridized carbons (Fsp3) is 0.630. The van der Waals surface area contributed by atoms with Gasteiger partial charge >= 0.3 is 12.1 Å². The zero-order valence-corrected chi connectivity index (χ0v) is 23.5. The molecule has 40 heavy (non-hydrogen) atoms. The second kappa shape index (κ2) is 9.90. The molecule has 13 heteroatoms. The number of likely N-dealkylation sites (tertiary alicyclic amines) is 1. The van der Waals surface area contributed by atoms with Crippen LogP contribution in [0.2, 0.25) is 5.15 Å². The number of pyridine rings is 1. The molecule has 3 atom stereocenters. The van der Waals surface area contributed by atoms with Crippen LogP contribution in [0, 0.1) is 5.82 Å². The number of carbonyl (C=O) groups excluding carboxylic acids is 1. The number of halogens is 4. The minimum absolute atomic E-state index is 0.0171. The van der Waals surface area contributed by atoms with Crippen molar-refractivity contribution in [1.29, 1.82) is 0 Å². The average molecular weight is 581 g/mol. The zero-order chi connectivity index (χ0) is 28.4. The van der Waals surface area contributed by atoms with Crippen LogP contribution in [-0.2, 0) is 4.74 Å². The smallest absolute Gasteiger partial charge is 0.410 e. The van der Waals surface area contributed by atoms with Gasteiger partial charge in [0.2, 0.25) is 0 Å². The van der Waals surface area contributed by atoms with Crippen molar-refractivity contribution in [3.63, 3.8) is 0 Å². The fourth-order valence-corrected chi connectivity index (χ4v) is 6.79. The van der Waals surface area contributed by atoms with Crippen molar-refractivity contribution in [1.82, 2.24) is 24.8 Å². The summed E-state index contributed by atoms with van der Waals surface area (Å²) in [6.45, 7) is 7.39. The van der Waals surface area contributed by atoms with Crippen molar-refractivity contribution < 1.29 is 27.4 Å². The van der Waals surface area contributed by atoms with Gasteiger partial charge in [0.05, 0.1) is 10.9 Å². The van der Waals surface area contributed by atoms with Crippen LogP contribution >= 0.6 is 11.6 Å². The molecule has 6 rings (SSSR count). The molecule has 1 amide bonds. The Bertz CT molecular complexity index is 1370. The molecule has 0 radical (unpaired) electrons. The van der Waals surface area contributed by atoms with Crippen LogP contribution in [0.5, 0.6) is 6.01 Å². The molecule has 4 aliphatic heterocycles. The van der Waals surface area contributed by atoms with Gasteiger partial charge in [-0.15, -0.1) is 0 Å². The maximum Gasteiger partial charge on any atom is 0.410 e. The van der Waals surface area contributed by atoms with E-state index in [1.807, 2.05) is 25.7 Å². The molecule has 0 aromatic carbocycles. The van der Waals surface area contributed by atoms with Gasteiger partial charge in [-0.3, -0.25) is 4.90 Å². The first-order chi connectivity index (χ1) is 18.9. The van der Waals surface area contributed by atoms with Gasteiger partial charge in [0.15, 0.2) is 11.0 Å². The molecule has 216 valence electrons. The topological polar surface area (TPSA) is 83.9 Å². The molecule has 0 spiro atoms. The maximum absolute atomic E-state index is 15.2. The predicted molar refractivity (Wildman–Crippen MR) is 142 cm³/mol. The van der Waals surface area contributed by atoms with Crippen molar-refractivity contribution in [3.8, 4) is 6.01 Å². The van der Waals surface area contributed by atoms with Crippen LogP contribution in [0.1, 0.15) is 52.9 Å². The minimum Gasteiger partial charge on any atom is -0.461 e. The van der Waals surface area contributed by atoms with Gasteiger partial charge in [-0.25, -0.2) is 14.2 Å². The Morgan fingerprint density at radius 3 is 2.60 bits per heavy atom. The summed E-state index contributed by atoms with van der Waals surface area (Å²) in [7, 11) is 0. The van der Waals surface area contributed by atoms with Crippen molar-refractivity contribution in [2.45, 2.75) is 76.1 Å². The normalized spacial score (nSPS) is 26.5. The van der Waals surface area contributed by atoms with Gasteiger partial charge < -0.3 is 19.3 Å². The lowest BCUT2D eigenvalue weighted by atomic mass is 9.94. The number of amides is 1. The highest BCUT2D eigenvalue weighted by atomic mass is 35.5. The number of piperazine rings is 1. The number of anilines is 1. The highest BCUT2D eigenvalue weighted by molar-refractivity contribution is 6.30. The number of aromatic nitrogens is 3. The molecule has 9 nitrogen and oxygen atoms in total. The third-order valence-electron chi connectivity index (χ3n) is 8.38. The lowest BCUT2D eigenvalue weighted by molar-refractivity contribution is 0.0209. The van der Waals surface area contributed by atoms with Gasteiger partial charge in [-0.2, -0.15) is 18.7 Å². The lowest BCUT2D eigenvalue weighted by Gasteiger charge is -2.42. The van der Waals surface area contributed by atoms with Gasteiger partial charge in [0, 0.05) is 43.5 Å². The molecule has 6 heterocycles. The molecule has 0 aliphatic carbocycles. The number of nitrogens with zero attached hydrogens (tertiary/aromatic N) is 6. The molecular weight excluding hydrogens is 549 g/mol. The summed E-state index contributed by atoms with van der Waals surface area (Å²) >= 11 is 6.01. The number of hydrogen-bond donors (Lipinski definition) is 0. The SMILES string of the molecule is CC(C)(C)OC(=O)N1CC2CCC(C1)N2c1nc(OCC23CCCN2CC(=C(F)F)C3)nc2c(F)c(Cl)ncc12. The predicted octanol–water partition coefficient (Wildman–Crippen LogP) is 5.17. The molecule has 4 saturated heterocycles. The van der Waals surface area contributed by atoms with Crippen LogP contribution in [0.3, 0.4) is 0 Å². The Kier molecular flexibility index (Phi) is 6.76. The second-order valence-electron chi connectivity index (χ2n) is 12.2. The van der Waals surface area contributed by atoms with Gasteiger partial charge in [-0.1, -0.05) is 11.6 Å². The number of ether oxygens (including phenoxy) is 2. The van der Waals surface area contributed by atoms with Gasteiger partial charge in [0.25, 0.3) is 6.08 Å². The van der Waals surface area contributed by atoms with Crippen molar-refractivity contribution in [3.05, 3.63) is 28.8 Å². The summed E-state index contributed by atoms with van der Waals surface area (Å²) in [6, 6.07) is -0.193. The second-order valence-corrected chi connectivity index (χ2v) is 12.6. The number of carbonyl (C=O) groups is 1. The van der Waals surface area contributed by atoms with Gasteiger partial charge in [-0.05, 0) is 59.4 Å². The molecular formula is C27H32ClF3N6O3. The highest BCUT2D eigenvalue weighted by Gasteiger charge is 2.49. The number of hydrogen-bond acceptors (Lipinski definition) is 8. The van der Waals surface area contributed by atoms with Crippen LogP contribution in [0.25, 0.3) is 10.9 Å². The lowest BCUT2D eigenvalue weighted by Crippen LogP contribution is -2.56. The first-order valence-corrected chi connectivity index (χ1v) is 14.0. The van der Waals surface area contributed by atoms with E-state index in [0.29, 0.717) is 37.3 Å². The Morgan fingerprint density at radius 2 is 1.93 bits per heavy atom. The van der Waals surface area contributed by atoms with E-state index in [1.54, 1.807) is 4.90 Å². The summed E-state index contributed by atoms with van der Waals surface area (Å²) in [5.74, 6) is -0.319. The van der Waals surface area contributed by atoms with E-state index in [0.717, 1.165) is 19.3 Å². The molecule has 4 aliphatic rings. The van der Waals surface area contributed by atoms with Crippen LogP contribution < -0.4 is 9.64 Å². The number of fused-ring (bicyclic) bond motifs is 4. The molecule has 0 saturated carbocycles. The summed E-state index contributed by atoms with van der Waals surface area (Å²) in [4.78, 5) is 31.7. The van der Waals surface area contributed by atoms with E-state index in [1.165, 1.54) is 6.20 Å². The zero-order valence-electron chi connectivity index (χ0n) is 22.7. The Balaban J connectivity index is 1.31. The van der Waals surface area contributed by atoms with E-state index in [2.05, 4.69) is 14.9 Å². The summed E-state index contributed by atoms with van der Waals surface area (Å²) < 4.78 is 53.8. The molecule has 2 aromatic heterocycles. The van der Waals surface area contributed by atoms with Crippen molar-refractivity contribution in [2.24, 2.45) is 0 Å². The summed E-state index contributed by atoms with van der Waals surface area (Å²) in [5.41, 5.74) is -1.06. The summed E-state index contributed by atoms with van der Waals surface area (Å²) in [5, 5.41) is 0.0773. The van der Waals surface area contributed by atoms with E-state index >= 15 is 4.39 Å².